The monoisotopic (exact) mass is 314 g/mol. The molecule has 1 heterocycles. The molecule has 0 amide bonds. The summed E-state index contributed by atoms with van der Waals surface area (Å²) in [6.07, 6.45) is 7.87. The number of rotatable bonds is 3. The molecule has 1 aromatic carbocycles. The van der Waals surface area contributed by atoms with Gasteiger partial charge in [-0.15, -0.1) is 0 Å². The van der Waals surface area contributed by atoms with E-state index in [1.165, 1.54) is 11.1 Å². The van der Waals surface area contributed by atoms with Crippen LogP contribution in [0.5, 0.6) is 11.5 Å². The second-order valence-electron chi connectivity index (χ2n) is 8.15. The van der Waals surface area contributed by atoms with Gasteiger partial charge in [0.2, 0.25) is 0 Å². The Labute approximate surface area is 140 Å². The lowest BCUT2D eigenvalue weighted by molar-refractivity contribution is -0.0577. The van der Waals surface area contributed by atoms with Crippen LogP contribution < -0.4 is 4.74 Å². The molecule has 0 saturated carbocycles. The second kappa shape index (κ2) is 5.58. The van der Waals surface area contributed by atoms with Gasteiger partial charge in [-0.25, -0.2) is 0 Å². The lowest BCUT2D eigenvalue weighted by Crippen LogP contribution is -2.53. The lowest BCUT2D eigenvalue weighted by atomic mass is 9.57. The Kier molecular flexibility index (Phi) is 3.98. The molecule has 0 saturated heterocycles. The highest BCUT2D eigenvalue weighted by molar-refractivity contribution is 5.55. The number of aryl methyl sites for hydroxylation is 1. The van der Waals surface area contributed by atoms with Gasteiger partial charge >= 0.3 is 0 Å². The highest BCUT2D eigenvalue weighted by Crippen LogP contribution is 2.60. The van der Waals surface area contributed by atoms with Crippen molar-refractivity contribution < 1.29 is 9.84 Å². The van der Waals surface area contributed by atoms with Gasteiger partial charge in [0.1, 0.15) is 17.1 Å². The summed E-state index contributed by atoms with van der Waals surface area (Å²) in [6.45, 7) is 11.1. The first-order valence-electron chi connectivity index (χ1n) is 9.00. The van der Waals surface area contributed by atoms with Gasteiger partial charge in [-0.05, 0) is 64.2 Å². The van der Waals surface area contributed by atoms with Crippen molar-refractivity contribution in [2.45, 2.75) is 78.2 Å². The first-order valence-corrected chi connectivity index (χ1v) is 9.00. The van der Waals surface area contributed by atoms with E-state index in [2.05, 4.69) is 46.8 Å². The van der Waals surface area contributed by atoms with Crippen LogP contribution in [0.15, 0.2) is 23.8 Å². The number of unbranched alkanes of at least 4 members (excludes halogenated alkanes) is 1. The lowest BCUT2D eigenvalue weighted by Gasteiger charge is -2.54. The van der Waals surface area contributed by atoms with E-state index >= 15 is 0 Å². The van der Waals surface area contributed by atoms with E-state index in [0.29, 0.717) is 5.75 Å². The zero-order valence-corrected chi connectivity index (χ0v) is 15.2. The van der Waals surface area contributed by atoms with Crippen molar-refractivity contribution in [3.05, 3.63) is 34.9 Å². The number of ether oxygens (including phenoxy) is 1. The topological polar surface area (TPSA) is 29.5 Å². The average Bonchev–Trinajstić information content (AvgIpc) is 2.46. The molecule has 23 heavy (non-hydrogen) atoms. The van der Waals surface area contributed by atoms with Gasteiger partial charge in [-0.2, -0.15) is 0 Å². The third kappa shape index (κ3) is 2.56. The maximum atomic E-state index is 10.7. The predicted molar refractivity (Wildman–Crippen MR) is 95.3 cm³/mol. The SMILES string of the molecule is CCCCc1cc(O)c2c(c1)OC(C)(C)[C@]1(C)CCC(C)=C[C@@H]21. The third-order valence-corrected chi connectivity index (χ3v) is 6.23. The molecular weight excluding hydrogens is 284 g/mol. The fourth-order valence-corrected chi connectivity index (χ4v) is 4.22. The summed E-state index contributed by atoms with van der Waals surface area (Å²) in [5.41, 5.74) is 3.37. The van der Waals surface area contributed by atoms with Gasteiger partial charge in [0, 0.05) is 16.9 Å². The molecule has 0 unspecified atom stereocenters. The summed E-state index contributed by atoms with van der Waals surface area (Å²) in [5.74, 6) is 1.52. The summed E-state index contributed by atoms with van der Waals surface area (Å²) >= 11 is 0. The molecule has 3 rings (SSSR count). The quantitative estimate of drug-likeness (QED) is 0.721. The van der Waals surface area contributed by atoms with Gasteiger partial charge in [0.25, 0.3) is 0 Å². The Morgan fingerprint density at radius 1 is 1.26 bits per heavy atom. The van der Waals surface area contributed by atoms with Crippen LogP contribution >= 0.6 is 0 Å². The van der Waals surface area contributed by atoms with Gasteiger partial charge in [-0.3, -0.25) is 0 Å². The van der Waals surface area contributed by atoms with Crippen LogP contribution in [-0.2, 0) is 6.42 Å². The minimum atomic E-state index is -0.238. The molecule has 2 nitrogen and oxygen atoms in total. The van der Waals surface area contributed by atoms with Crippen molar-refractivity contribution in [1.82, 2.24) is 0 Å². The summed E-state index contributed by atoms with van der Waals surface area (Å²) in [5, 5.41) is 10.7. The molecule has 0 fully saturated rings. The first kappa shape index (κ1) is 16.4. The Balaban J connectivity index is 2.13. The number of phenolic OH excluding ortho intramolecular Hbond substituents is 1. The fraction of sp³-hybridized carbons (Fsp3) is 0.619. The number of phenols is 1. The highest BCUT2D eigenvalue weighted by Gasteiger charge is 2.54. The Bertz CT molecular complexity index is 641. The van der Waals surface area contributed by atoms with Gasteiger partial charge in [-0.1, -0.05) is 31.9 Å². The molecule has 0 aromatic heterocycles. The molecule has 1 aromatic rings. The van der Waals surface area contributed by atoms with Crippen molar-refractivity contribution in [2.24, 2.45) is 5.41 Å². The summed E-state index contributed by atoms with van der Waals surface area (Å²) in [7, 11) is 0. The van der Waals surface area contributed by atoms with E-state index in [1.54, 1.807) is 0 Å². The molecule has 2 heteroatoms. The zero-order chi connectivity index (χ0) is 16.8. The van der Waals surface area contributed by atoms with Gasteiger partial charge < -0.3 is 9.84 Å². The summed E-state index contributed by atoms with van der Waals surface area (Å²) < 4.78 is 6.44. The zero-order valence-electron chi connectivity index (χ0n) is 15.2. The van der Waals surface area contributed by atoms with E-state index < -0.39 is 0 Å². The third-order valence-electron chi connectivity index (χ3n) is 6.23. The standard InChI is InChI=1S/C21H30O2/c1-6-7-8-15-12-17(22)19-16-11-14(2)9-10-21(16,5)20(3,4)23-18(19)13-15/h11-13,16,22H,6-10H2,1-5H3/t16-,21+/m0/s1. The Morgan fingerprint density at radius 3 is 2.70 bits per heavy atom. The van der Waals surface area contributed by atoms with E-state index in [1.807, 2.05) is 6.07 Å². The Hall–Kier alpha value is -1.44. The van der Waals surface area contributed by atoms with E-state index in [9.17, 15) is 5.11 Å². The fourth-order valence-electron chi connectivity index (χ4n) is 4.22. The van der Waals surface area contributed by atoms with Gasteiger partial charge in [0.05, 0.1) is 0 Å². The van der Waals surface area contributed by atoms with Crippen LogP contribution in [0.4, 0.5) is 0 Å². The molecule has 0 radical (unpaired) electrons. The van der Waals surface area contributed by atoms with Gasteiger partial charge in [0.15, 0.2) is 0 Å². The number of fused-ring (bicyclic) bond motifs is 3. The van der Waals surface area contributed by atoms with Crippen LogP contribution in [0.1, 0.15) is 77.3 Å². The van der Waals surface area contributed by atoms with Crippen molar-refractivity contribution >= 4 is 0 Å². The first-order chi connectivity index (χ1) is 10.8. The maximum absolute atomic E-state index is 10.7. The summed E-state index contributed by atoms with van der Waals surface area (Å²) in [4.78, 5) is 0. The van der Waals surface area contributed by atoms with Crippen molar-refractivity contribution in [2.75, 3.05) is 0 Å². The molecular formula is C21H30O2. The normalized spacial score (nSPS) is 28.4. The number of benzene rings is 1. The number of hydrogen-bond acceptors (Lipinski definition) is 2. The minimum absolute atomic E-state index is 0.0158. The average molecular weight is 314 g/mol. The van der Waals surface area contributed by atoms with Crippen LogP contribution in [-0.4, -0.2) is 10.7 Å². The number of hydrogen-bond donors (Lipinski definition) is 1. The minimum Gasteiger partial charge on any atom is -0.507 e. The molecule has 1 aliphatic carbocycles. The maximum Gasteiger partial charge on any atom is 0.127 e. The second-order valence-corrected chi connectivity index (χ2v) is 8.15. The number of aromatic hydroxyl groups is 1. The molecule has 1 aliphatic heterocycles. The van der Waals surface area contributed by atoms with E-state index in [4.69, 9.17) is 4.74 Å². The van der Waals surface area contributed by atoms with Crippen LogP contribution in [0.2, 0.25) is 0 Å². The van der Waals surface area contributed by atoms with Crippen LogP contribution in [0.25, 0.3) is 0 Å². The molecule has 0 bridgehead atoms. The summed E-state index contributed by atoms with van der Waals surface area (Å²) in [6, 6.07) is 4.11. The van der Waals surface area contributed by atoms with E-state index in [-0.39, 0.29) is 16.9 Å². The van der Waals surface area contributed by atoms with Crippen LogP contribution in [0, 0.1) is 5.41 Å². The molecule has 0 spiro atoms. The largest absolute Gasteiger partial charge is 0.507 e. The van der Waals surface area contributed by atoms with E-state index in [0.717, 1.165) is 43.4 Å². The molecule has 2 atom stereocenters. The molecule has 126 valence electrons. The van der Waals surface area contributed by atoms with Crippen molar-refractivity contribution in [3.63, 3.8) is 0 Å². The van der Waals surface area contributed by atoms with Crippen molar-refractivity contribution in [1.29, 1.82) is 0 Å². The smallest absolute Gasteiger partial charge is 0.127 e. The predicted octanol–water partition coefficient (Wildman–Crippen LogP) is 5.74. The Morgan fingerprint density at radius 2 is 2.00 bits per heavy atom. The molecule has 1 N–H and O–H groups in total. The van der Waals surface area contributed by atoms with Crippen molar-refractivity contribution in [3.8, 4) is 11.5 Å². The highest BCUT2D eigenvalue weighted by atomic mass is 16.5. The van der Waals surface area contributed by atoms with Crippen LogP contribution in [0.3, 0.4) is 0 Å². The number of allylic oxidation sites excluding steroid dienone is 2. The molecule has 2 aliphatic rings.